The van der Waals surface area contributed by atoms with Gasteiger partial charge in [-0.1, -0.05) is 6.92 Å². The number of benzene rings is 1. The largest absolute Gasteiger partial charge is 0.478 e. The Morgan fingerprint density at radius 3 is 2.61 bits per heavy atom. The van der Waals surface area contributed by atoms with E-state index in [4.69, 9.17) is 5.11 Å². The molecule has 0 unspecified atom stereocenters. The number of fused-ring (bicyclic) bond motifs is 1. The Hall–Kier alpha value is -1.63. The first-order chi connectivity index (χ1) is 8.34. The van der Waals surface area contributed by atoms with Crippen LogP contribution in [0.4, 0.5) is 13.2 Å². The number of hydrogen-bond acceptors (Lipinski definition) is 3. The molecule has 1 heterocycles. The second kappa shape index (κ2) is 4.24. The van der Waals surface area contributed by atoms with Crippen molar-refractivity contribution in [3.8, 4) is 0 Å². The molecule has 0 fully saturated rings. The number of nitrogens with zero attached hydrogens (tertiary/aromatic N) is 1. The van der Waals surface area contributed by atoms with Crippen LogP contribution >= 0.6 is 11.5 Å². The van der Waals surface area contributed by atoms with Gasteiger partial charge in [0.05, 0.1) is 21.5 Å². The number of hydrogen-bond donors (Lipinski definition) is 1. The Morgan fingerprint density at radius 1 is 1.44 bits per heavy atom. The molecule has 0 saturated carbocycles. The number of carbonyl (C=O) groups is 1. The number of carboxylic acids is 1. The summed E-state index contributed by atoms with van der Waals surface area (Å²) in [6.07, 6.45) is -4.11. The van der Waals surface area contributed by atoms with Crippen LogP contribution in [0.1, 0.15) is 28.5 Å². The molecule has 2 rings (SSSR count). The predicted octanol–water partition coefficient (Wildman–Crippen LogP) is 3.58. The van der Waals surface area contributed by atoms with Crippen molar-refractivity contribution in [3.63, 3.8) is 0 Å². The lowest BCUT2D eigenvalue weighted by Crippen LogP contribution is -2.07. The van der Waals surface area contributed by atoms with Gasteiger partial charge in [-0.2, -0.15) is 17.5 Å². The van der Waals surface area contributed by atoms with Gasteiger partial charge in [-0.15, -0.1) is 0 Å². The standard InChI is InChI=1S/C11H8F3NO2S/c1-2-8-6-3-5(11(12,13)14)4-7(10(16)17)9(6)18-15-8/h3-4H,2H2,1H3,(H,16,17). The molecule has 2 aromatic rings. The molecule has 0 aliphatic heterocycles. The molecule has 3 nitrogen and oxygen atoms in total. The molecular formula is C11H8F3NO2S. The highest BCUT2D eigenvalue weighted by Gasteiger charge is 2.32. The third kappa shape index (κ3) is 2.05. The predicted molar refractivity (Wildman–Crippen MR) is 61.0 cm³/mol. The van der Waals surface area contributed by atoms with Gasteiger partial charge in [0.2, 0.25) is 0 Å². The van der Waals surface area contributed by atoms with Crippen LogP contribution in [0.2, 0.25) is 0 Å². The summed E-state index contributed by atoms with van der Waals surface area (Å²) >= 11 is 0.915. The molecule has 0 spiro atoms. The highest BCUT2D eigenvalue weighted by Crippen LogP contribution is 2.36. The van der Waals surface area contributed by atoms with Crippen molar-refractivity contribution in [2.75, 3.05) is 0 Å². The zero-order valence-electron chi connectivity index (χ0n) is 9.21. The molecule has 18 heavy (non-hydrogen) atoms. The van der Waals surface area contributed by atoms with Crippen LogP contribution in [-0.4, -0.2) is 15.4 Å². The zero-order chi connectivity index (χ0) is 13.5. The Balaban J connectivity index is 2.81. The van der Waals surface area contributed by atoms with E-state index in [-0.39, 0.29) is 15.6 Å². The van der Waals surface area contributed by atoms with E-state index in [0.717, 1.165) is 17.6 Å². The van der Waals surface area contributed by atoms with Crippen LogP contribution in [0, 0.1) is 0 Å². The van der Waals surface area contributed by atoms with Crippen LogP contribution in [0.3, 0.4) is 0 Å². The molecule has 1 aromatic heterocycles. The third-order valence-corrected chi connectivity index (χ3v) is 3.47. The van der Waals surface area contributed by atoms with Gasteiger partial charge in [0.25, 0.3) is 0 Å². The van der Waals surface area contributed by atoms with Crippen molar-refractivity contribution in [2.24, 2.45) is 0 Å². The highest BCUT2D eigenvalue weighted by molar-refractivity contribution is 7.13. The summed E-state index contributed by atoms with van der Waals surface area (Å²) in [5, 5.41) is 9.24. The van der Waals surface area contributed by atoms with Gasteiger partial charge in [-0.05, 0) is 30.1 Å². The first kappa shape index (κ1) is 12.8. The molecule has 0 bridgehead atoms. The summed E-state index contributed by atoms with van der Waals surface area (Å²) in [6.45, 7) is 1.76. The van der Waals surface area contributed by atoms with Crippen molar-refractivity contribution < 1.29 is 23.1 Å². The summed E-state index contributed by atoms with van der Waals surface area (Å²) in [5.41, 5.74) is -0.817. The fraction of sp³-hybridized carbons (Fsp3) is 0.273. The molecule has 0 aliphatic rings. The maximum Gasteiger partial charge on any atom is 0.416 e. The van der Waals surface area contributed by atoms with Crippen molar-refractivity contribution >= 4 is 27.6 Å². The van der Waals surface area contributed by atoms with Crippen molar-refractivity contribution in [2.45, 2.75) is 19.5 Å². The number of rotatable bonds is 2. The van der Waals surface area contributed by atoms with E-state index in [1.54, 1.807) is 6.92 Å². The van der Waals surface area contributed by atoms with Gasteiger partial charge in [0, 0.05) is 5.39 Å². The number of alkyl halides is 3. The molecule has 0 atom stereocenters. The number of aromatic carboxylic acids is 1. The number of carboxylic acid groups (broad SMARTS) is 1. The van der Waals surface area contributed by atoms with E-state index >= 15 is 0 Å². The lowest BCUT2D eigenvalue weighted by Gasteiger charge is -2.08. The van der Waals surface area contributed by atoms with E-state index in [9.17, 15) is 18.0 Å². The van der Waals surface area contributed by atoms with Crippen LogP contribution < -0.4 is 0 Å². The lowest BCUT2D eigenvalue weighted by molar-refractivity contribution is -0.137. The molecule has 0 saturated heterocycles. The second-order valence-electron chi connectivity index (χ2n) is 3.69. The summed E-state index contributed by atoms with van der Waals surface area (Å²) in [7, 11) is 0. The maximum atomic E-state index is 12.7. The summed E-state index contributed by atoms with van der Waals surface area (Å²) in [4.78, 5) is 11.0. The average Bonchev–Trinajstić information content (AvgIpc) is 2.68. The van der Waals surface area contributed by atoms with Gasteiger partial charge in [0.1, 0.15) is 0 Å². The average molecular weight is 275 g/mol. The minimum Gasteiger partial charge on any atom is -0.478 e. The monoisotopic (exact) mass is 275 g/mol. The summed E-state index contributed by atoms with van der Waals surface area (Å²) in [5.74, 6) is -1.38. The molecular weight excluding hydrogens is 267 g/mol. The van der Waals surface area contributed by atoms with E-state index < -0.39 is 17.7 Å². The number of aromatic nitrogens is 1. The molecule has 7 heteroatoms. The maximum absolute atomic E-state index is 12.7. The van der Waals surface area contributed by atoms with Crippen molar-refractivity contribution in [3.05, 3.63) is 29.0 Å². The normalized spacial score (nSPS) is 12.0. The minimum absolute atomic E-state index is 0.273. The molecule has 1 aromatic carbocycles. The van der Waals surface area contributed by atoms with E-state index in [0.29, 0.717) is 18.2 Å². The highest BCUT2D eigenvalue weighted by atomic mass is 32.1. The number of aryl methyl sites for hydroxylation is 1. The SMILES string of the molecule is CCc1nsc2c(C(=O)O)cc(C(F)(F)F)cc12. The van der Waals surface area contributed by atoms with E-state index in [1.807, 2.05) is 0 Å². The van der Waals surface area contributed by atoms with Crippen molar-refractivity contribution in [1.82, 2.24) is 4.37 Å². The van der Waals surface area contributed by atoms with E-state index in [2.05, 4.69) is 4.37 Å². The van der Waals surface area contributed by atoms with Crippen LogP contribution in [0.15, 0.2) is 12.1 Å². The summed E-state index contributed by atoms with van der Waals surface area (Å²) in [6, 6.07) is 1.62. The van der Waals surface area contributed by atoms with Crippen molar-refractivity contribution in [1.29, 1.82) is 0 Å². The minimum atomic E-state index is -4.56. The van der Waals surface area contributed by atoms with E-state index in [1.165, 1.54) is 0 Å². The molecule has 0 amide bonds. The van der Waals surface area contributed by atoms with Gasteiger partial charge in [0.15, 0.2) is 0 Å². The lowest BCUT2D eigenvalue weighted by atomic mass is 10.0. The zero-order valence-corrected chi connectivity index (χ0v) is 10.0. The second-order valence-corrected chi connectivity index (χ2v) is 4.46. The van der Waals surface area contributed by atoms with Crippen LogP contribution in [-0.2, 0) is 12.6 Å². The van der Waals surface area contributed by atoms with Crippen LogP contribution in [0.5, 0.6) is 0 Å². The Labute approximate surface area is 104 Å². The first-order valence-electron chi connectivity index (χ1n) is 5.07. The van der Waals surface area contributed by atoms with Gasteiger partial charge in [-0.3, -0.25) is 0 Å². The molecule has 0 radical (unpaired) electrons. The Morgan fingerprint density at radius 2 is 2.11 bits per heavy atom. The summed E-state index contributed by atoms with van der Waals surface area (Å²) < 4.78 is 42.3. The Kier molecular flexibility index (Phi) is 3.02. The fourth-order valence-corrected chi connectivity index (χ4v) is 2.62. The Bertz CT molecular complexity index is 619. The van der Waals surface area contributed by atoms with Gasteiger partial charge in [-0.25, -0.2) is 4.79 Å². The van der Waals surface area contributed by atoms with Gasteiger partial charge < -0.3 is 5.11 Å². The van der Waals surface area contributed by atoms with Gasteiger partial charge >= 0.3 is 12.1 Å². The molecule has 96 valence electrons. The first-order valence-corrected chi connectivity index (χ1v) is 5.84. The number of halogens is 3. The fourth-order valence-electron chi connectivity index (χ4n) is 1.67. The van der Waals surface area contributed by atoms with Crippen LogP contribution in [0.25, 0.3) is 10.1 Å². The molecule has 1 N–H and O–H groups in total. The smallest absolute Gasteiger partial charge is 0.416 e. The molecule has 0 aliphatic carbocycles. The quantitative estimate of drug-likeness (QED) is 0.911. The topological polar surface area (TPSA) is 50.2 Å². The third-order valence-electron chi connectivity index (χ3n) is 2.54.